The molecule has 1 aliphatic rings. The van der Waals surface area contributed by atoms with Gasteiger partial charge in [0.05, 0.1) is 11.8 Å². The van der Waals surface area contributed by atoms with E-state index in [9.17, 15) is 9.59 Å². The second kappa shape index (κ2) is 5.83. The van der Waals surface area contributed by atoms with E-state index in [-0.39, 0.29) is 40.6 Å². The molecular weight excluding hydrogens is 200 g/mol. The van der Waals surface area contributed by atoms with Crippen molar-refractivity contribution in [1.29, 1.82) is 0 Å². The fourth-order valence-electron chi connectivity index (χ4n) is 1.72. The smallest absolute Gasteiger partial charge is 1.00 e. The van der Waals surface area contributed by atoms with Crippen LogP contribution in [0.3, 0.4) is 0 Å². The van der Waals surface area contributed by atoms with Gasteiger partial charge in [-0.05, 0) is 12.8 Å². The predicted octanol–water partition coefficient (Wildman–Crippen LogP) is 0.806. The van der Waals surface area contributed by atoms with Crippen molar-refractivity contribution in [3.05, 3.63) is 0 Å². The molecule has 72 valence electrons. The normalized spacial score (nSPS) is 27.4. The van der Waals surface area contributed by atoms with Gasteiger partial charge in [0.15, 0.2) is 0 Å². The molecule has 1 saturated carbocycles. The Balaban J connectivity index is -0.000000480. The van der Waals surface area contributed by atoms with Crippen LogP contribution in [0.2, 0.25) is 0 Å². The SMILES string of the molecule is O=C(O)C1CCCCC1C(=O)O.[Ca+2].[H-].[H-]. The Labute approximate surface area is 109 Å². The van der Waals surface area contributed by atoms with Gasteiger partial charge in [0.1, 0.15) is 0 Å². The summed E-state index contributed by atoms with van der Waals surface area (Å²) >= 11 is 0. The van der Waals surface area contributed by atoms with Crippen LogP contribution in [0.15, 0.2) is 0 Å². The summed E-state index contributed by atoms with van der Waals surface area (Å²) in [6, 6.07) is 0. The van der Waals surface area contributed by atoms with Crippen LogP contribution in [0.5, 0.6) is 0 Å². The molecule has 2 N–H and O–H groups in total. The minimum absolute atomic E-state index is 0. The first kappa shape index (κ1) is 13.2. The van der Waals surface area contributed by atoms with Gasteiger partial charge < -0.3 is 13.1 Å². The van der Waals surface area contributed by atoms with Gasteiger partial charge in [-0.3, -0.25) is 9.59 Å². The second-order valence-corrected chi connectivity index (χ2v) is 3.17. The molecule has 13 heavy (non-hydrogen) atoms. The van der Waals surface area contributed by atoms with Crippen LogP contribution in [0.25, 0.3) is 0 Å². The third-order valence-electron chi connectivity index (χ3n) is 2.40. The topological polar surface area (TPSA) is 74.6 Å². The molecule has 1 fully saturated rings. The molecule has 2 atom stereocenters. The molecule has 2 unspecified atom stereocenters. The molecule has 0 aromatic rings. The maximum Gasteiger partial charge on any atom is 2.00 e. The summed E-state index contributed by atoms with van der Waals surface area (Å²) in [5.41, 5.74) is 0. The van der Waals surface area contributed by atoms with Crippen LogP contribution in [0, 0.1) is 11.8 Å². The van der Waals surface area contributed by atoms with Crippen molar-refractivity contribution in [1.82, 2.24) is 0 Å². The summed E-state index contributed by atoms with van der Waals surface area (Å²) in [6.45, 7) is 0. The van der Waals surface area contributed by atoms with E-state index in [4.69, 9.17) is 10.2 Å². The quantitative estimate of drug-likeness (QED) is 0.667. The van der Waals surface area contributed by atoms with E-state index < -0.39 is 23.8 Å². The van der Waals surface area contributed by atoms with Gasteiger partial charge in [-0.15, -0.1) is 0 Å². The van der Waals surface area contributed by atoms with Crippen molar-refractivity contribution >= 4 is 49.7 Å². The van der Waals surface area contributed by atoms with E-state index in [1.54, 1.807) is 0 Å². The van der Waals surface area contributed by atoms with Crippen LogP contribution < -0.4 is 0 Å². The zero-order valence-electron chi connectivity index (χ0n) is 9.40. The van der Waals surface area contributed by atoms with E-state index in [1.807, 2.05) is 0 Å². The first-order chi connectivity index (χ1) is 5.63. The van der Waals surface area contributed by atoms with Crippen molar-refractivity contribution in [2.24, 2.45) is 11.8 Å². The van der Waals surface area contributed by atoms with E-state index in [0.717, 1.165) is 12.8 Å². The first-order valence-corrected chi connectivity index (χ1v) is 4.08. The summed E-state index contributed by atoms with van der Waals surface area (Å²) < 4.78 is 0. The molecule has 0 aromatic carbocycles. The minimum atomic E-state index is -0.970. The fraction of sp³-hybridized carbons (Fsp3) is 0.750. The standard InChI is InChI=1S/C8H12O4.Ca.2H/c9-7(10)5-3-1-2-4-6(5)8(11)12;;;/h5-6H,1-4H2,(H,9,10)(H,11,12);;;/q;+2;2*-1. The van der Waals surface area contributed by atoms with Crippen molar-refractivity contribution < 1.29 is 22.7 Å². The van der Waals surface area contributed by atoms with Crippen molar-refractivity contribution in [3.8, 4) is 0 Å². The van der Waals surface area contributed by atoms with Gasteiger partial charge in [-0.1, -0.05) is 12.8 Å². The molecule has 0 bridgehead atoms. The molecule has 0 aliphatic heterocycles. The van der Waals surface area contributed by atoms with Crippen molar-refractivity contribution in [2.75, 3.05) is 0 Å². The Morgan fingerprint density at radius 3 is 1.54 bits per heavy atom. The van der Waals surface area contributed by atoms with Gasteiger partial charge in [-0.25, -0.2) is 0 Å². The summed E-state index contributed by atoms with van der Waals surface area (Å²) in [5.74, 6) is -3.28. The van der Waals surface area contributed by atoms with Gasteiger partial charge in [0.2, 0.25) is 0 Å². The number of hydrogen-bond acceptors (Lipinski definition) is 2. The number of aliphatic carboxylic acids is 2. The van der Waals surface area contributed by atoms with E-state index in [1.165, 1.54) is 0 Å². The molecule has 5 heteroatoms. The van der Waals surface area contributed by atoms with E-state index in [0.29, 0.717) is 12.8 Å². The third-order valence-corrected chi connectivity index (χ3v) is 2.40. The maximum absolute atomic E-state index is 10.6. The average Bonchev–Trinajstić information content (AvgIpc) is 2.04. The second-order valence-electron chi connectivity index (χ2n) is 3.17. The van der Waals surface area contributed by atoms with Crippen molar-refractivity contribution in [2.45, 2.75) is 25.7 Å². The Bertz CT molecular complexity index is 191. The minimum Gasteiger partial charge on any atom is -1.00 e. The summed E-state index contributed by atoms with van der Waals surface area (Å²) in [7, 11) is 0. The third kappa shape index (κ3) is 3.44. The maximum atomic E-state index is 10.6. The molecule has 0 amide bonds. The van der Waals surface area contributed by atoms with E-state index in [2.05, 4.69) is 0 Å². The number of carbonyl (C=O) groups is 2. The Morgan fingerprint density at radius 2 is 1.31 bits per heavy atom. The first-order valence-electron chi connectivity index (χ1n) is 4.08. The molecule has 0 aromatic heterocycles. The molecule has 0 heterocycles. The van der Waals surface area contributed by atoms with Crippen molar-refractivity contribution in [3.63, 3.8) is 0 Å². The molecule has 4 nitrogen and oxygen atoms in total. The van der Waals surface area contributed by atoms with Crippen LogP contribution in [-0.2, 0) is 9.59 Å². The summed E-state index contributed by atoms with van der Waals surface area (Å²) in [4.78, 5) is 21.2. The number of rotatable bonds is 2. The Hall–Kier alpha value is 0.200. The molecule has 0 spiro atoms. The largest absolute Gasteiger partial charge is 2.00 e. The Kier molecular flexibility index (Phi) is 5.92. The van der Waals surface area contributed by atoms with Gasteiger partial charge in [-0.2, -0.15) is 0 Å². The van der Waals surface area contributed by atoms with Crippen LogP contribution in [0.4, 0.5) is 0 Å². The monoisotopic (exact) mass is 214 g/mol. The predicted molar refractivity (Wildman–Crippen MR) is 48.7 cm³/mol. The zero-order chi connectivity index (χ0) is 9.14. The number of carboxylic acid groups (broad SMARTS) is 2. The van der Waals surface area contributed by atoms with Gasteiger partial charge >= 0.3 is 49.7 Å². The van der Waals surface area contributed by atoms with E-state index >= 15 is 0 Å². The summed E-state index contributed by atoms with van der Waals surface area (Å²) in [6.07, 6.45) is 2.68. The zero-order valence-corrected chi connectivity index (χ0v) is 9.61. The van der Waals surface area contributed by atoms with Gasteiger partial charge in [0.25, 0.3) is 0 Å². The molecule has 1 rings (SSSR count). The van der Waals surface area contributed by atoms with Gasteiger partial charge in [0, 0.05) is 0 Å². The average molecular weight is 214 g/mol. The summed E-state index contributed by atoms with van der Waals surface area (Å²) in [5, 5.41) is 17.4. The number of hydrogen-bond donors (Lipinski definition) is 2. The van der Waals surface area contributed by atoms with Crippen LogP contribution >= 0.6 is 0 Å². The fourth-order valence-corrected chi connectivity index (χ4v) is 1.72. The molecule has 1 aliphatic carbocycles. The van der Waals surface area contributed by atoms with Crippen LogP contribution in [-0.4, -0.2) is 59.9 Å². The molecular formula is C8H14CaO4. The molecule has 0 saturated heterocycles. The van der Waals surface area contributed by atoms with Crippen LogP contribution in [0.1, 0.15) is 28.5 Å². The number of carboxylic acids is 2. The molecule has 0 radical (unpaired) electrons. The Morgan fingerprint density at radius 1 is 1.00 bits per heavy atom.